The number of nitro groups is 1. The van der Waals surface area contributed by atoms with Crippen molar-refractivity contribution in [3.8, 4) is 5.75 Å². The maximum atomic E-state index is 10.9. The number of nitrogens with zero attached hydrogens (tertiary/aromatic N) is 1. The Morgan fingerprint density at radius 3 is 2.74 bits per heavy atom. The summed E-state index contributed by atoms with van der Waals surface area (Å²) in [6, 6.07) is 2.79. The van der Waals surface area contributed by atoms with Gasteiger partial charge in [-0.05, 0) is 25.5 Å². The Hall–Kier alpha value is -1.37. The van der Waals surface area contributed by atoms with E-state index in [0.717, 1.165) is 0 Å². The summed E-state index contributed by atoms with van der Waals surface area (Å²) in [6.45, 7) is 3.99. The van der Waals surface area contributed by atoms with Crippen molar-refractivity contribution in [1.82, 2.24) is 0 Å². The standard InChI is InChI=1S/C12H16ClNO5/c1-3-18-6-10(15)7-19-12-8(2)4-9(13)5-11(12)14(16)17/h4-5,10,15H,3,6-7H2,1-2H3/t10-/m1/s1. The highest BCUT2D eigenvalue weighted by atomic mass is 35.5. The molecule has 7 heteroatoms. The minimum atomic E-state index is -0.838. The number of hydrogen-bond acceptors (Lipinski definition) is 5. The number of ether oxygens (including phenoxy) is 2. The normalized spacial score (nSPS) is 12.2. The number of aryl methyl sites for hydroxylation is 1. The van der Waals surface area contributed by atoms with Crippen LogP contribution >= 0.6 is 11.6 Å². The molecule has 106 valence electrons. The molecular formula is C12H16ClNO5. The number of benzene rings is 1. The zero-order valence-electron chi connectivity index (χ0n) is 10.8. The van der Waals surface area contributed by atoms with Crippen LogP contribution in [0.25, 0.3) is 0 Å². The van der Waals surface area contributed by atoms with E-state index in [1.807, 2.05) is 6.92 Å². The first-order valence-corrected chi connectivity index (χ1v) is 6.16. The van der Waals surface area contributed by atoms with E-state index in [-0.39, 0.29) is 29.7 Å². The number of aliphatic hydroxyl groups is 1. The van der Waals surface area contributed by atoms with Crippen molar-refractivity contribution < 1.29 is 19.5 Å². The topological polar surface area (TPSA) is 81.8 Å². The van der Waals surface area contributed by atoms with Crippen LogP contribution in [0.2, 0.25) is 5.02 Å². The molecule has 0 fully saturated rings. The molecule has 0 unspecified atom stereocenters. The van der Waals surface area contributed by atoms with Crippen LogP contribution in [0.15, 0.2) is 12.1 Å². The summed E-state index contributed by atoms with van der Waals surface area (Å²) in [5.41, 5.74) is 0.330. The first-order valence-electron chi connectivity index (χ1n) is 5.78. The Bertz CT molecular complexity index is 452. The highest BCUT2D eigenvalue weighted by Gasteiger charge is 2.20. The number of rotatable bonds is 7. The molecule has 1 N–H and O–H groups in total. The molecule has 0 amide bonds. The Kier molecular flexibility index (Phi) is 6.01. The second-order valence-electron chi connectivity index (χ2n) is 3.95. The third-order valence-electron chi connectivity index (χ3n) is 2.35. The fraction of sp³-hybridized carbons (Fsp3) is 0.500. The van der Waals surface area contributed by atoms with Crippen molar-refractivity contribution in [2.45, 2.75) is 20.0 Å². The van der Waals surface area contributed by atoms with Crippen molar-refractivity contribution >= 4 is 17.3 Å². The molecule has 0 saturated heterocycles. The molecule has 1 atom stereocenters. The molecule has 0 bridgehead atoms. The molecule has 0 aromatic heterocycles. The van der Waals surface area contributed by atoms with E-state index in [9.17, 15) is 15.2 Å². The van der Waals surface area contributed by atoms with Gasteiger partial charge in [0.05, 0.1) is 11.5 Å². The molecule has 0 radical (unpaired) electrons. The minimum absolute atomic E-state index is 0.0800. The van der Waals surface area contributed by atoms with E-state index < -0.39 is 11.0 Å². The average Bonchev–Trinajstić information content (AvgIpc) is 2.34. The predicted octanol–water partition coefficient (Wildman–Crippen LogP) is 2.33. The van der Waals surface area contributed by atoms with Crippen LogP contribution in [0.5, 0.6) is 5.75 Å². The Balaban J connectivity index is 2.80. The molecule has 0 aliphatic heterocycles. The molecule has 0 saturated carbocycles. The van der Waals surface area contributed by atoms with Crippen LogP contribution in [-0.2, 0) is 4.74 Å². The van der Waals surface area contributed by atoms with Crippen LogP contribution in [0.3, 0.4) is 0 Å². The van der Waals surface area contributed by atoms with Gasteiger partial charge in [-0.2, -0.15) is 0 Å². The van der Waals surface area contributed by atoms with Crippen LogP contribution in [0, 0.1) is 17.0 Å². The first kappa shape index (κ1) is 15.7. The zero-order chi connectivity index (χ0) is 14.4. The number of hydrogen-bond donors (Lipinski definition) is 1. The van der Waals surface area contributed by atoms with Gasteiger partial charge in [0, 0.05) is 17.7 Å². The lowest BCUT2D eigenvalue weighted by molar-refractivity contribution is -0.386. The maximum absolute atomic E-state index is 10.9. The van der Waals surface area contributed by atoms with Gasteiger partial charge in [-0.1, -0.05) is 11.6 Å². The van der Waals surface area contributed by atoms with Crippen molar-refractivity contribution in [3.05, 3.63) is 32.8 Å². The maximum Gasteiger partial charge on any atom is 0.312 e. The van der Waals surface area contributed by atoms with Crippen molar-refractivity contribution in [1.29, 1.82) is 0 Å². The van der Waals surface area contributed by atoms with Gasteiger partial charge in [-0.3, -0.25) is 10.1 Å². The molecule has 19 heavy (non-hydrogen) atoms. The van der Waals surface area contributed by atoms with E-state index in [0.29, 0.717) is 12.2 Å². The quantitative estimate of drug-likeness (QED) is 0.615. The molecule has 0 spiro atoms. The highest BCUT2D eigenvalue weighted by molar-refractivity contribution is 6.31. The summed E-state index contributed by atoms with van der Waals surface area (Å²) in [4.78, 5) is 10.4. The molecule has 0 aliphatic rings. The predicted molar refractivity (Wildman–Crippen MR) is 70.8 cm³/mol. The largest absolute Gasteiger partial charge is 0.484 e. The fourth-order valence-electron chi connectivity index (χ4n) is 1.52. The van der Waals surface area contributed by atoms with Crippen molar-refractivity contribution in [2.24, 2.45) is 0 Å². The second-order valence-corrected chi connectivity index (χ2v) is 4.39. The molecule has 1 aromatic carbocycles. The van der Waals surface area contributed by atoms with Gasteiger partial charge in [0.15, 0.2) is 5.75 Å². The SMILES string of the molecule is CCOC[C@@H](O)COc1c(C)cc(Cl)cc1[N+](=O)[O-]. The number of nitro benzene ring substituents is 1. The average molecular weight is 290 g/mol. The van der Waals surface area contributed by atoms with Crippen molar-refractivity contribution in [2.75, 3.05) is 19.8 Å². The highest BCUT2D eigenvalue weighted by Crippen LogP contribution is 2.33. The molecule has 1 aromatic rings. The lowest BCUT2D eigenvalue weighted by atomic mass is 10.2. The van der Waals surface area contributed by atoms with Crippen LogP contribution in [-0.4, -0.2) is 36.0 Å². The minimum Gasteiger partial charge on any atom is -0.484 e. The molecule has 0 aliphatic carbocycles. The fourth-order valence-corrected chi connectivity index (χ4v) is 1.78. The lowest BCUT2D eigenvalue weighted by Crippen LogP contribution is -2.23. The van der Waals surface area contributed by atoms with E-state index in [2.05, 4.69) is 0 Å². The van der Waals surface area contributed by atoms with Gasteiger partial charge in [-0.25, -0.2) is 0 Å². The molecule has 6 nitrogen and oxygen atoms in total. The summed E-state index contributed by atoms with van der Waals surface area (Å²) in [7, 11) is 0. The summed E-state index contributed by atoms with van der Waals surface area (Å²) >= 11 is 5.77. The Morgan fingerprint density at radius 2 is 2.16 bits per heavy atom. The van der Waals surface area contributed by atoms with Gasteiger partial charge in [0.2, 0.25) is 0 Å². The summed E-state index contributed by atoms with van der Waals surface area (Å²) in [5, 5.41) is 20.8. The third kappa shape index (κ3) is 4.66. The van der Waals surface area contributed by atoms with E-state index in [1.54, 1.807) is 13.0 Å². The first-order chi connectivity index (χ1) is 8.95. The van der Waals surface area contributed by atoms with Crippen LogP contribution < -0.4 is 4.74 Å². The molecule has 1 rings (SSSR count). The van der Waals surface area contributed by atoms with E-state index >= 15 is 0 Å². The van der Waals surface area contributed by atoms with Gasteiger partial charge in [0.1, 0.15) is 12.7 Å². The van der Waals surface area contributed by atoms with Gasteiger partial charge < -0.3 is 14.6 Å². The molecular weight excluding hydrogens is 274 g/mol. The van der Waals surface area contributed by atoms with Gasteiger partial charge in [-0.15, -0.1) is 0 Å². The summed E-state index contributed by atoms with van der Waals surface area (Å²) in [5.74, 6) is 0.116. The second kappa shape index (κ2) is 7.28. The van der Waals surface area contributed by atoms with Crippen LogP contribution in [0.1, 0.15) is 12.5 Å². The van der Waals surface area contributed by atoms with E-state index in [4.69, 9.17) is 21.1 Å². The third-order valence-corrected chi connectivity index (χ3v) is 2.57. The Labute approximate surface area is 116 Å². The number of halogens is 1. The van der Waals surface area contributed by atoms with Crippen LogP contribution in [0.4, 0.5) is 5.69 Å². The van der Waals surface area contributed by atoms with Crippen molar-refractivity contribution in [3.63, 3.8) is 0 Å². The smallest absolute Gasteiger partial charge is 0.312 e. The van der Waals surface area contributed by atoms with E-state index in [1.165, 1.54) is 6.07 Å². The van der Waals surface area contributed by atoms with Gasteiger partial charge >= 0.3 is 5.69 Å². The Morgan fingerprint density at radius 1 is 1.47 bits per heavy atom. The monoisotopic (exact) mass is 289 g/mol. The number of aliphatic hydroxyl groups excluding tert-OH is 1. The zero-order valence-corrected chi connectivity index (χ0v) is 11.5. The summed E-state index contributed by atoms with van der Waals surface area (Å²) in [6.07, 6.45) is -0.838. The molecule has 0 heterocycles. The van der Waals surface area contributed by atoms with Gasteiger partial charge in [0.25, 0.3) is 0 Å². The lowest BCUT2D eigenvalue weighted by Gasteiger charge is -2.14. The summed E-state index contributed by atoms with van der Waals surface area (Å²) < 4.78 is 10.3.